The van der Waals surface area contributed by atoms with Crippen molar-refractivity contribution >= 4 is 125 Å². The zero-order valence-corrected chi connectivity index (χ0v) is 33.0. The molecule has 0 aliphatic heterocycles. The average Bonchev–Trinajstić information content (AvgIpc) is 3.46. The Hall–Kier alpha value is -7.16. The first-order valence-corrected chi connectivity index (χ1v) is 21.9. The van der Waals surface area contributed by atoms with E-state index >= 15 is 0 Å². The van der Waals surface area contributed by atoms with Crippen molar-refractivity contribution in [3.63, 3.8) is 0 Å². The first-order valence-electron chi connectivity index (χ1n) is 19.6. The van der Waals surface area contributed by atoms with E-state index in [1.165, 1.54) is 0 Å². The lowest BCUT2D eigenvalue weighted by Crippen LogP contribution is -1.79. The maximum Gasteiger partial charge on any atom is 0.256 e. The van der Waals surface area contributed by atoms with Crippen LogP contribution in [0.1, 0.15) is 0 Å². The van der Waals surface area contributed by atoms with Crippen LogP contribution in [0.15, 0.2) is 203 Å². The van der Waals surface area contributed by atoms with Crippen LogP contribution < -0.4 is 0 Å². The van der Waals surface area contributed by atoms with E-state index in [0.717, 1.165) is 120 Å². The van der Waals surface area contributed by atoms with Crippen LogP contribution >= 0.6 is 16.0 Å². The van der Waals surface area contributed by atoms with Crippen molar-refractivity contribution in [3.8, 4) is 10.6 Å². The summed E-state index contributed by atoms with van der Waals surface area (Å²) >= 11 is 0. The molecule has 0 radical (unpaired) electrons. The molecule has 59 heavy (non-hydrogen) atoms. The molecule has 0 aliphatic rings. The molecule has 0 bridgehead atoms. The Morgan fingerprint density at radius 3 is 0.864 bits per heavy atom. The predicted octanol–water partition coefficient (Wildman–Crippen LogP) is 17.4. The van der Waals surface area contributed by atoms with Crippen molar-refractivity contribution in [2.24, 2.45) is 0 Å². The molecule has 3 aromatic heterocycles. The van der Waals surface area contributed by atoms with Crippen molar-refractivity contribution in [3.05, 3.63) is 182 Å². The molecule has 0 atom stereocenters. The van der Waals surface area contributed by atoms with Gasteiger partial charge in [0, 0.05) is 32.3 Å². The summed E-state index contributed by atoms with van der Waals surface area (Å²) in [6.07, 6.45) is 0. The van der Waals surface area contributed by atoms with Crippen LogP contribution in [0.5, 0.6) is 0 Å². The molecular formula is C52H30O5P2. The topological polar surface area (TPSA) is 65.7 Å². The summed E-state index contributed by atoms with van der Waals surface area (Å²) in [5.74, 6) is 0. The van der Waals surface area contributed by atoms with E-state index in [2.05, 4.69) is 182 Å². The molecule has 0 N–H and O–H groups in total. The third-order valence-electron chi connectivity index (χ3n) is 11.7. The Morgan fingerprint density at radius 2 is 0.542 bits per heavy atom. The second-order valence-corrected chi connectivity index (χ2v) is 17.7. The summed E-state index contributed by atoms with van der Waals surface area (Å²) in [6, 6.07) is 63.2. The molecule has 0 fully saturated rings. The number of hydrogen-bond donors (Lipinski definition) is 0. The summed E-state index contributed by atoms with van der Waals surface area (Å²) in [5, 5.41) is 16.8. The van der Waals surface area contributed by atoms with Gasteiger partial charge in [-0.05, 0) is 79.5 Å². The van der Waals surface area contributed by atoms with E-state index in [-0.39, 0.29) is 0 Å². The van der Waals surface area contributed by atoms with Crippen molar-refractivity contribution in [2.75, 3.05) is 0 Å². The summed E-state index contributed by atoms with van der Waals surface area (Å²) < 4.78 is 35.2. The van der Waals surface area contributed by atoms with Gasteiger partial charge in [-0.2, -0.15) is 0 Å². The number of para-hydroxylation sites is 2. The number of fused-ring (bicyclic) bond motifs is 17. The number of benzene rings is 10. The Bertz CT molecular complexity index is 3540. The minimum absolute atomic E-state index is 0.718. The van der Waals surface area contributed by atoms with E-state index in [1.807, 2.05) is 0 Å². The van der Waals surface area contributed by atoms with Crippen LogP contribution in [0.25, 0.3) is 120 Å². The highest BCUT2D eigenvalue weighted by atomic mass is 31.1. The maximum absolute atomic E-state index is 7.05. The van der Waals surface area contributed by atoms with Crippen LogP contribution in [0.2, 0.25) is 0 Å². The highest BCUT2D eigenvalue weighted by Gasteiger charge is 2.22. The highest BCUT2D eigenvalue weighted by molar-refractivity contribution is 7.46. The van der Waals surface area contributed by atoms with Crippen LogP contribution in [-0.2, 0) is 0 Å². The first kappa shape index (κ1) is 32.9. The fourth-order valence-corrected chi connectivity index (χ4v) is 11.9. The zero-order valence-electron chi connectivity index (χ0n) is 31.3. The van der Waals surface area contributed by atoms with Crippen molar-refractivity contribution < 1.29 is 21.2 Å². The normalized spacial score (nSPS) is 12.1. The SMILES string of the molecule is c1ccc2c(c1)ccc1op(-c3cccc4c3oc3c(-p5oc6ccc7ccccc7c6c6c(ccc7ccccc76)o5)cccc34)oc3ccc4ccccc4c3c12. The molecule has 13 aromatic rings. The Kier molecular flexibility index (Phi) is 7.06. The van der Waals surface area contributed by atoms with E-state index in [0.29, 0.717) is 0 Å². The second kappa shape index (κ2) is 12.7. The average molecular weight is 797 g/mol. The molecule has 13 rings (SSSR count). The van der Waals surface area contributed by atoms with Gasteiger partial charge in [-0.3, -0.25) is 0 Å². The Morgan fingerprint density at radius 1 is 0.254 bits per heavy atom. The molecular weight excluding hydrogens is 767 g/mol. The number of furan rings is 1. The molecule has 0 unspecified atom stereocenters. The molecule has 5 nitrogen and oxygen atoms in total. The summed E-state index contributed by atoms with van der Waals surface area (Å²) in [4.78, 5) is 0. The molecule has 10 aromatic carbocycles. The standard InChI is InChI=1S/C52H30O5P2/c1-5-15-35-31(11-1)23-27-41-47(35)48-36-16-6-2-12-32(36)24-28-42(48)55-58(54-41)45-21-9-19-39-40-20-10-22-46(52(40)53-51(39)45)59-56-43-29-25-33-13-3-7-17-37(33)49(43)50-38-18-8-4-14-34(38)26-30-44(50)57-59/h1-30H. The first-order chi connectivity index (χ1) is 29.2. The summed E-state index contributed by atoms with van der Waals surface area (Å²) in [7, 11) is -3.39. The smallest absolute Gasteiger partial charge is 0.256 e. The third-order valence-corrected chi connectivity index (χ3v) is 14.6. The molecule has 0 saturated heterocycles. The largest absolute Gasteiger partial charge is 0.454 e. The predicted molar refractivity (Wildman–Crippen MR) is 246 cm³/mol. The van der Waals surface area contributed by atoms with Gasteiger partial charge in [-0.15, -0.1) is 0 Å². The van der Waals surface area contributed by atoms with Gasteiger partial charge in [0.05, 0.1) is 0 Å². The van der Waals surface area contributed by atoms with Gasteiger partial charge in [-0.25, -0.2) is 0 Å². The van der Waals surface area contributed by atoms with E-state index in [1.54, 1.807) is 0 Å². The van der Waals surface area contributed by atoms with Gasteiger partial charge in [0.2, 0.25) is 0 Å². The van der Waals surface area contributed by atoms with Crippen molar-refractivity contribution in [1.29, 1.82) is 0 Å². The third kappa shape index (κ3) is 4.93. The van der Waals surface area contributed by atoms with Gasteiger partial charge in [0.1, 0.15) is 32.9 Å². The molecule has 0 aliphatic carbocycles. The van der Waals surface area contributed by atoms with Crippen LogP contribution in [-0.4, -0.2) is 0 Å². The summed E-state index contributed by atoms with van der Waals surface area (Å²) in [5.41, 5.74) is 4.55. The monoisotopic (exact) mass is 796 g/mol. The van der Waals surface area contributed by atoms with Crippen molar-refractivity contribution in [1.82, 2.24) is 0 Å². The molecule has 3 heterocycles. The van der Waals surface area contributed by atoms with Gasteiger partial charge in [0.25, 0.3) is 16.0 Å². The highest BCUT2D eigenvalue weighted by Crippen LogP contribution is 2.53. The quantitative estimate of drug-likeness (QED) is 0.174. The maximum atomic E-state index is 7.05. The van der Waals surface area contributed by atoms with E-state index < -0.39 is 16.0 Å². The lowest BCUT2D eigenvalue weighted by atomic mass is 9.99. The fourth-order valence-electron chi connectivity index (χ4n) is 9.01. The molecule has 0 amide bonds. The lowest BCUT2D eigenvalue weighted by Gasteiger charge is -2.05. The molecule has 278 valence electrons. The second-order valence-electron chi connectivity index (χ2n) is 14.9. The van der Waals surface area contributed by atoms with Gasteiger partial charge in [0.15, 0.2) is 11.2 Å². The number of hydrogen-bond acceptors (Lipinski definition) is 5. The molecule has 7 heteroatoms. The van der Waals surface area contributed by atoms with Gasteiger partial charge >= 0.3 is 0 Å². The minimum atomic E-state index is -1.70. The van der Waals surface area contributed by atoms with Crippen LogP contribution in [0.4, 0.5) is 0 Å². The van der Waals surface area contributed by atoms with E-state index in [9.17, 15) is 0 Å². The van der Waals surface area contributed by atoms with E-state index in [4.69, 9.17) is 21.2 Å². The van der Waals surface area contributed by atoms with Crippen LogP contribution in [0.3, 0.4) is 0 Å². The zero-order chi connectivity index (χ0) is 38.6. The van der Waals surface area contributed by atoms with Gasteiger partial charge < -0.3 is 21.2 Å². The minimum Gasteiger partial charge on any atom is -0.454 e. The van der Waals surface area contributed by atoms with Crippen LogP contribution in [0, 0.1) is 0 Å². The number of rotatable bonds is 2. The fraction of sp³-hybridized carbons (Fsp3) is 0. The lowest BCUT2D eigenvalue weighted by molar-refractivity contribution is 0.644. The molecule has 0 spiro atoms. The summed E-state index contributed by atoms with van der Waals surface area (Å²) in [6.45, 7) is 0. The molecule has 0 saturated carbocycles. The Balaban J connectivity index is 1.11. The van der Waals surface area contributed by atoms with Gasteiger partial charge in [-0.1, -0.05) is 146 Å². The Labute approximate surface area is 337 Å². The van der Waals surface area contributed by atoms with Crippen molar-refractivity contribution in [2.45, 2.75) is 0 Å².